The topological polar surface area (TPSA) is 74.7 Å². The molecular formula is C14H13NO4S2. The molecule has 0 fully saturated rings. The van der Waals surface area contributed by atoms with Gasteiger partial charge < -0.3 is 5.11 Å². The van der Waals surface area contributed by atoms with Gasteiger partial charge in [-0.2, -0.15) is 4.31 Å². The molecule has 0 amide bonds. The van der Waals surface area contributed by atoms with E-state index in [1.54, 1.807) is 0 Å². The first-order valence-electron chi connectivity index (χ1n) is 6.32. The summed E-state index contributed by atoms with van der Waals surface area (Å²) in [4.78, 5) is 11.0. The smallest absolute Gasteiger partial charge is 0.345 e. The van der Waals surface area contributed by atoms with Crippen molar-refractivity contribution in [1.82, 2.24) is 4.31 Å². The van der Waals surface area contributed by atoms with E-state index >= 15 is 0 Å². The van der Waals surface area contributed by atoms with Crippen LogP contribution in [0.25, 0.3) is 0 Å². The van der Waals surface area contributed by atoms with Gasteiger partial charge in [-0.15, -0.1) is 11.3 Å². The Morgan fingerprint density at radius 3 is 2.71 bits per heavy atom. The highest BCUT2D eigenvalue weighted by Crippen LogP contribution is 2.38. The van der Waals surface area contributed by atoms with Crippen molar-refractivity contribution >= 4 is 27.3 Å². The lowest BCUT2D eigenvalue weighted by atomic mass is 10.1. The van der Waals surface area contributed by atoms with Crippen molar-refractivity contribution in [2.75, 3.05) is 0 Å². The van der Waals surface area contributed by atoms with E-state index in [9.17, 15) is 13.2 Å². The zero-order valence-electron chi connectivity index (χ0n) is 11.2. The summed E-state index contributed by atoms with van der Waals surface area (Å²) in [6, 6.07) is 8.58. The summed E-state index contributed by atoms with van der Waals surface area (Å²) in [6.07, 6.45) is 0. The van der Waals surface area contributed by atoms with Crippen molar-refractivity contribution in [1.29, 1.82) is 0 Å². The van der Waals surface area contributed by atoms with Crippen molar-refractivity contribution in [3.63, 3.8) is 0 Å². The summed E-state index contributed by atoms with van der Waals surface area (Å²) in [6.45, 7) is 2.16. The number of hydrogen-bond acceptors (Lipinski definition) is 4. The van der Waals surface area contributed by atoms with Gasteiger partial charge in [0.05, 0.1) is 4.90 Å². The fourth-order valence-corrected chi connectivity index (χ4v) is 5.23. The van der Waals surface area contributed by atoms with E-state index in [-0.39, 0.29) is 15.8 Å². The number of hydrogen-bond donors (Lipinski definition) is 1. The Morgan fingerprint density at radius 1 is 1.38 bits per heavy atom. The van der Waals surface area contributed by atoms with Gasteiger partial charge in [-0.3, -0.25) is 0 Å². The predicted octanol–water partition coefficient (Wildman–Crippen LogP) is 2.71. The van der Waals surface area contributed by atoms with Crippen LogP contribution in [0.15, 0.2) is 40.6 Å². The summed E-state index contributed by atoms with van der Waals surface area (Å²) < 4.78 is 26.8. The minimum atomic E-state index is -3.69. The third kappa shape index (κ3) is 2.27. The SMILES string of the molecule is C[C@@H]1c2ccccc2CN1S(=O)(=O)c1csc(C(=O)O)c1. The Balaban J connectivity index is 1.98. The number of rotatable bonds is 3. The third-order valence-electron chi connectivity index (χ3n) is 3.66. The highest BCUT2D eigenvalue weighted by atomic mass is 32.2. The zero-order chi connectivity index (χ0) is 15.2. The second-order valence-corrected chi connectivity index (χ2v) is 7.68. The molecule has 0 saturated heterocycles. The maximum atomic E-state index is 12.7. The third-order valence-corrected chi connectivity index (χ3v) is 6.62. The fraction of sp³-hybridized carbons (Fsp3) is 0.214. The number of benzene rings is 1. The molecule has 0 aliphatic carbocycles. The summed E-state index contributed by atoms with van der Waals surface area (Å²) in [5, 5.41) is 10.3. The number of nitrogens with zero attached hydrogens (tertiary/aromatic N) is 1. The monoisotopic (exact) mass is 323 g/mol. The number of carboxylic acid groups (broad SMARTS) is 1. The average molecular weight is 323 g/mol. The van der Waals surface area contributed by atoms with Crippen molar-refractivity contribution < 1.29 is 18.3 Å². The van der Waals surface area contributed by atoms with Crippen LogP contribution >= 0.6 is 11.3 Å². The largest absolute Gasteiger partial charge is 0.477 e. The van der Waals surface area contributed by atoms with E-state index in [0.717, 1.165) is 22.5 Å². The standard InChI is InChI=1S/C14H13NO4S2/c1-9-12-5-3-2-4-10(12)7-15(9)21(18,19)11-6-13(14(16)17)20-8-11/h2-6,8-9H,7H2,1H3,(H,16,17)/t9-/m1/s1. The van der Waals surface area contributed by atoms with Gasteiger partial charge in [0.2, 0.25) is 10.0 Å². The quantitative estimate of drug-likeness (QED) is 0.942. The van der Waals surface area contributed by atoms with Crippen molar-refractivity contribution in [2.24, 2.45) is 0 Å². The molecule has 0 bridgehead atoms. The summed E-state index contributed by atoms with van der Waals surface area (Å²) >= 11 is 0.923. The normalized spacial score (nSPS) is 18.6. The number of thiophene rings is 1. The van der Waals surface area contributed by atoms with Gasteiger partial charge in [0.15, 0.2) is 0 Å². The number of carbonyl (C=O) groups is 1. The number of fused-ring (bicyclic) bond motifs is 1. The van der Waals surface area contributed by atoms with Crippen molar-refractivity contribution in [3.8, 4) is 0 Å². The number of aromatic carboxylic acids is 1. The lowest BCUT2D eigenvalue weighted by Gasteiger charge is -2.20. The van der Waals surface area contributed by atoms with Crippen molar-refractivity contribution in [2.45, 2.75) is 24.4 Å². The van der Waals surface area contributed by atoms with Gasteiger partial charge in [-0.1, -0.05) is 24.3 Å². The summed E-state index contributed by atoms with van der Waals surface area (Å²) in [7, 11) is -3.69. The van der Waals surface area contributed by atoms with Crippen LogP contribution < -0.4 is 0 Å². The van der Waals surface area contributed by atoms with E-state index in [1.807, 2.05) is 31.2 Å². The van der Waals surface area contributed by atoms with Crippen LogP contribution in [0.3, 0.4) is 0 Å². The lowest BCUT2D eigenvalue weighted by molar-refractivity contribution is 0.0702. The average Bonchev–Trinajstić information content (AvgIpc) is 3.05. The first-order chi connectivity index (χ1) is 9.91. The van der Waals surface area contributed by atoms with E-state index in [4.69, 9.17) is 5.11 Å². The lowest BCUT2D eigenvalue weighted by Crippen LogP contribution is -2.28. The second kappa shape index (κ2) is 4.94. The summed E-state index contributed by atoms with van der Waals surface area (Å²) in [5.41, 5.74) is 1.98. The Labute approximate surface area is 126 Å². The van der Waals surface area contributed by atoms with Gasteiger partial charge in [0.25, 0.3) is 0 Å². The van der Waals surface area contributed by atoms with Crippen LogP contribution in [-0.2, 0) is 16.6 Å². The zero-order valence-corrected chi connectivity index (χ0v) is 12.8. The van der Waals surface area contributed by atoms with Gasteiger partial charge >= 0.3 is 5.97 Å². The van der Waals surface area contributed by atoms with E-state index in [1.165, 1.54) is 15.8 Å². The van der Waals surface area contributed by atoms with Crippen LogP contribution in [0.5, 0.6) is 0 Å². The molecule has 1 aliphatic heterocycles. The maximum Gasteiger partial charge on any atom is 0.345 e. The predicted molar refractivity (Wildman–Crippen MR) is 78.9 cm³/mol. The molecule has 0 spiro atoms. The van der Waals surface area contributed by atoms with Crippen LogP contribution in [0.2, 0.25) is 0 Å². The molecule has 0 saturated carbocycles. The van der Waals surface area contributed by atoms with Crippen molar-refractivity contribution in [3.05, 3.63) is 51.7 Å². The number of carboxylic acids is 1. The Kier molecular flexibility index (Phi) is 3.35. The molecule has 1 aromatic carbocycles. The molecule has 110 valence electrons. The molecule has 5 nitrogen and oxygen atoms in total. The molecule has 2 heterocycles. The Hall–Kier alpha value is -1.70. The molecule has 2 aromatic rings. The van der Waals surface area contributed by atoms with Gasteiger partial charge in [-0.25, -0.2) is 13.2 Å². The van der Waals surface area contributed by atoms with Crippen LogP contribution in [0.1, 0.15) is 33.8 Å². The van der Waals surface area contributed by atoms with E-state index < -0.39 is 16.0 Å². The Bertz CT molecular complexity index is 810. The second-order valence-electron chi connectivity index (χ2n) is 4.88. The minimum absolute atomic E-state index is 0.0259. The van der Waals surface area contributed by atoms with Crippen LogP contribution in [0, 0.1) is 0 Å². The Morgan fingerprint density at radius 2 is 2.10 bits per heavy atom. The van der Waals surface area contributed by atoms with Crippen LogP contribution in [0.4, 0.5) is 0 Å². The molecule has 3 rings (SSSR count). The maximum absolute atomic E-state index is 12.7. The first kappa shape index (κ1) is 14.2. The van der Waals surface area contributed by atoms with Gasteiger partial charge in [0.1, 0.15) is 4.88 Å². The van der Waals surface area contributed by atoms with Crippen LogP contribution in [-0.4, -0.2) is 23.8 Å². The van der Waals surface area contributed by atoms with E-state index in [0.29, 0.717) is 6.54 Å². The first-order valence-corrected chi connectivity index (χ1v) is 8.64. The molecule has 21 heavy (non-hydrogen) atoms. The molecule has 1 aliphatic rings. The molecule has 7 heteroatoms. The molecule has 0 unspecified atom stereocenters. The van der Waals surface area contributed by atoms with E-state index in [2.05, 4.69) is 0 Å². The highest BCUT2D eigenvalue weighted by Gasteiger charge is 2.36. The van der Waals surface area contributed by atoms with Gasteiger partial charge in [-0.05, 0) is 24.1 Å². The number of sulfonamides is 1. The summed E-state index contributed by atoms with van der Waals surface area (Å²) in [5.74, 6) is -1.11. The molecular weight excluding hydrogens is 310 g/mol. The molecule has 1 N–H and O–H groups in total. The fourth-order valence-electron chi connectivity index (χ4n) is 2.54. The molecule has 1 atom stereocenters. The highest BCUT2D eigenvalue weighted by molar-refractivity contribution is 7.89. The van der Waals surface area contributed by atoms with Gasteiger partial charge in [0, 0.05) is 18.0 Å². The minimum Gasteiger partial charge on any atom is -0.477 e. The molecule has 0 radical (unpaired) electrons. The molecule has 1 aromatic heterocycles.